The van der Waals surface area contributed by atoms with E-state index < -0.39 is 11.6 Å². The molecule has 0 fully saturated rings. The van der Waals surface area contributed by atoms with E-state index in [2.05, 4.69) is 4.98 Å². The smallest absolute Gasteiger partial charge is 0.235 e. The lowest BCUT2D eigenvalue weighted by Crippen LogP contribution is -2.13. The van der Waals surface area contributed by atoms with E-state index in [0.717, 1.165) is 12.1 Å². The molecule has 0 radical (unpaired) electrons. The van der Waals surface area contributed by atoms with E-state index in [4.69, 9.17) is 4.74 Å². The molecule has 0 aliphatic rings. The van der Waals surface area contributed by atoms with Gasteiger partial charge < -0.3 is 4.74 Å². The first kappa shape index (κ1) is 12.2. The predicted molar refractivity (Wildman–Crippen MR) is 59.3 cm³/mol. The van der Waals surface area contributed by atoms with E-state index in [9.17, 15) is 13.6 Å². The maximum atomic E-state index is 13.2. The van der Waals surface area contributed by atoms with Crippen LogP contribution >= 0.6 is 0 Å². The Morgan fingerprint density at radius 2 is 2.22 bits per heavy atom. The van der Waals surface area contributed by atoms with Crippen LogP contribution in [0.25, 0.3) is 0 Å². The molecule has 18 heavy (non-hydrogen) atoms. The predicted octanol–water partition coefficient (Wildman–Crippen LogP) is 2.27. The van der Waals surface area contributed by atoms with E-state index >= 15 is 0 Å². The zero-order chi connectivity index (χ0) is 13.0. The number of imidazole rings is 1. The number of carbonyl (C=O) groups excluding carboxylic acids is 1. The largest absolute Gasteiger partial charge is 0.490 e. The molecule has 1 aromatic carbocycles. The molecule has 0 saturated heterocycles. The summed E-state index contributed by atoms with van der Waals surface area (Å²) in [5.74, 6) is -1.75. The van der Waals surface area contributed by atoms with Gasteiger partial charge in [0.25, 0.3) is 0 Å². The second-order valence-corrected chi connectivity index (χ2v) is 3.54. The summed E-state index contributed by atoms with van der Waals surface area (Å²) in [6.45, 7) is 0.0135. The minimum atomic E-state index is -0.787. The highest BCUT2D eigenvalue weighted by Gasteiger charge is 2.07. The molecule has 1 heterocycles. The number of nitrogens with zero attached hydrogens (tertiary/aromatic N) is 2. The first-order chi connectivity index (χ1) is 8.66. The average Bonchev–Trinajstić information content (AvgIpc) is 2.85. The Morgan fingerprint density at radius 3 is 2.89 bits per heavy atom. The number of ether oxygens (including phenoxy) is 1. The lowest BCUT2D eigenvalue weighted by molar-refractivity contribution is 0.0879. The molecule has 0 amide bonds. The summed E-state index contributed by atoms with van der Waals surface area (Å²) in [7, 11) is 0. The monoisotopic (exact) mass is 252 g/mol. The van der Waals surface area contributed by atoms with Crippen LogP contribution in [0, 0.1) is 11.6 Å². The van der Waals surface area contributed by atoms with Crippen LogP contribution in [0.5, 0.6) is 5.75 Å². The van der Waals surface area contributed by atoms with Gasteiger partial charge >= 0.3 is 0 Å². The summed E-state index contributed by atoms with van der Waals surface area (Å²) in [5, 5.41) is 0. The van der Waals surface area contributed by atoms with Gasteiger partial charge in [-0.3, -0.25) is 9.36 Å². The second-order valence-electron chi connectivity index (χ2n) is 3.54. The Balaban J connectivity index is 1.87. The summed E-state index contributed by atoms with van der Waals surface area (Å²) in [6, 6.07) is 3.01. The molecule has 0 bridgehead atoms. The third kappa shape index (κ3) is 2.91. The van der Waals surface area contributed by atoms with Crippen LogP contribution in [-0.4, -0.2) is 22.1 Å². The molecule has 0 saturated carbocycles. The van der Waals surface area contributed by atoms with Crippen LogP contribution in [-0.2, 0) is 0 Å². The van der Waals surface area contributed by atoms with Gasteiger partial charge in [0.15, 0.2) is 11.6 Å². The Kier molecular flexibility index (Phi) is 3.66. The highest BCUT2D eigenvalue weighted by atomic mass is 19.1. The van der Waals surface area contributed by atoms with Crippen molar-refractivity contribution in [2.45, 2.75) is 6.42 Å². The minimum absolute atomic E-state index is 0.0135. The number of benzene rings is 1. The van der Waals surface area contributed by atoms with E-state index in [-0.39, 0.29) is 24.7 Å². The first-order valence-electron chi connectivity index (χ1n) is 5.26. The van der Waals surface area contributed by atoms with Crippen LogP contribution in [0.2, 0.25) is 0 Å². The van der Waals surface area contributed by atoms with Crippen molar-refractivity contribution in [1.29, 1.82) is 0 Å². The zero-order valence-electron chi connectivity index (χ0n) is 9.35. The van der Waals surface area contributed by atoms with Gasteiger partial charge in [-0.15, -0.1) is 0 Å². The number of halogens is 2. The van der Waals surface area contributed by atoms with Gasteiger partial charge in [0.2, 0.25) is 5.91 Å². The highest BCUT2D eigenvalue weighted by molar-refractivity contribution is 5.78. The number of rotatable bonds is 4. The normalized spacial score (nSPS) is 10.3. The fraction of sp³-hybridized carbons (Fsp3) is 0.167. The molecule has 0 aliphatic carbocycles. The molecule has 0 spiro atoms. The van der Waals surface area contributed by atoms with Crippen LogP contribution in [0.4, 0.5) is 8.78 Å². The van der Waals surface area contributed by atoms with Crippen molar-refractivity contribution in [3.63, 3.8) is 0 Å². The lowest BCUT2D eigenvalue weighted by Gasteiger charge is -2.06. The van der Waals surface area contributed by atoms with Gasteiger partial charge in [0, 0.05) is 18.5 Å². The van der Waals surface area contributed by atoms with Gasteiger partial charge in [-0.2, -0.15) is 0 Å². The molecular formula is C12H10F2N2O2. The van der Waals surface area contributed by atoms with E-state index in [0.29, 0.717) is 0 Å². The lowest BCUT2D eigenvalue weighted by atomic mass is 10.3. The zero-order valence-corrected chi connectivity index (χ0v) is 9.35. The van der Waals surface area contributed by atoms with E-state index in [1.165, 1.54) is 29.4 Å². The van der Waals surface area contributed by atoms with Gasteiger partial charge in [0.1, 0.15) is 12.1 Å². The molecule has 0 atom stereocenters. The highest BCUT2D eigenvalue weighted by Crippen LogP contribution is 2.17. The maximum Gasteiger partial charge on any atom is 0.235 e. The second kappa shape index (κ2) is 5.39. The van der Waals surface area contributed by atoms with Crippen molar-refractivity contribution in [3.05, 3.63) is 48.6 Å². The third-order valence-corrected chi connectivity index (χ3v) is 2.26. The SMILES string of the molecule is O=C(CCOc1ccc(F)cc1F)n1ccnc1. The van der Waals surface area contributed by atoms with Crippen LogP contribution < -0.4 is 4.74 Å². The van der Waals surface area contributed by atoms with Crippen molar-refractivity contribution in [2.75, 3.05) is 6.61 Å². The number of aromatic nitrogens is 2. The average molecular weight is 252 g/mol. The summed E-state index contributed by atoms with van der Waals surface area (Å²) in [5.41, 5.74) is 0. The Hall–Kier alpha value is -2.24. The van der Waals surface area contributed by atoms with Crippen LogP contribution in [0.1, 0.15) is 11.2 Å². The molecule has 0 unspecified atom stereocenters. The van der Waals surface area contributed by atoms with Gasteiger partial charge in [-0.25, -0.2) is 13.8 Å². The molecule has 0 aliphatic heterocycles. The summed E-state index contributed by atoms with van der Waals surface area (Å²) in [4.78, 5) is 15.3. The Morgan fingerprint density at radius 1 is 1.39 bits per heavy atom. The third-order valence-electron chi connectivity index (χ3n) is 2.26. The molecule has 2 rings (SSSR count). The summed E-state index contributed by atoms with van der Waals surface area (Å²) >= 11 is 0. The first-order valence-corrected chi connectivity index (χ1v) is 5.26. The quantitative estimate of drug-likeness (QED) is 0.838. The molecule has 94 valence electrons. The topological polar surface area (TPSA) is 44.1 Å². The fourth-order valence-corrected chi connectivity index (χ4v) is 1.38. The Bertz CT molecular complexity index is 541. The fourth-order valence-electron chi connectivity index (χ4n) is 1.38. The van der Waals surface area contributed by atoms with Crippen molar-refractivity contribution >= 4 is 5.91 Å². The molecule has 0 N–H and O–H groups in total. The van der Waals surface area contributed by atoms with Crippen molar-refractivity contribution in [1.82, 2.24) is 9.55 Å². The summed E-state index contributed by atoms with van der Waals surface area (Å²) in [6.07, 6.45) is 4.45. The Labute approximate surface area is 102 Å². The molecular weight excluding hydrogens is 242 g/mol. The van der Waals surface area contributed by atoms with Crippen LogP contribution in [0.15, 0.2) is 36.9 Å². The molecule has 1 aromatic heterocycles. The van der Waals surface area contributed by atoms with Crippen LogP contribution in [0.3, 0.4) is 0 Å². The standard InChI is InChI=1S/C12H10F2N2O2/c13-9-1-2-11(10(14)7-9)18-6-3-12(17)16-5-4-15-8-16/h1-2,4-5,7-8H,3,6H2. The molecule has 2 aromatic rings. The van der Waals surface area contributed by atoms with Crippen molar-refractivity contribution in [3.8, 4) is 5.75 Å². The van der Waals surface area contributed by atoms with Gasteiger partial charge in [-0.05, 0) is 12.1 Å². The number of hydrogen-bond donors (Lipinski definition) is 0. The molecule has 4 nitrogen and oxygen atoms in total. The van der Waals surface area contributed by atoms with Gasteiger partial charge in [0.05, 0.1) is 13.0 Å². The van der Waals surface area contributed by atoms with Gasteiger partial charge in [-0.1, -0.05) is 0 Å². The van der Waals surface area contributed by atoms with E-state index in [1.54, 1.807) is 0 Å². The number of hydrogen-bond acceptors (Lipinski definition) is 3. The molecule has 6 heteroatoms. The van der Waals surface area contributed by atoms with Crippen molar-refractivity contribution in [2.24, 2.45) is 0 Å². The number of carbonyl (C=O) groups is 1. The van der Waals surface area contributed by atoms with E-state index in [1.807, 2.05) is 0 Å². The maximum absolute atomic E-state index is 13.2. The minimum Gasteiger partial charge on any atom is -0.490 e. The summed E-state index contributed by atoms with van der Waals surface area (Å²) < 4.78 is 32.2. The van der Waals surface area contributed by atoms with Crippen molar-refractivity contribution < 1.29 is 18.3 Å².